The van der Waals surface area contributed by atoms with Crippen LogP contribution in [0.4, 0.5) is 0 Å². The van der Waals surface area contributed by atoms with Crippen molar-refractivity contribution in [2.24, 2.45) is 17.4 Å². The van der Waals surface area contributed by atoms with Gasteiger partial charge in [-0.1, -0.05) is 32.0 Å². The topological polar surface area (TPSA) is 247 Å². The van der Waals surface area contributed by atoms with E-state index in [4.69, 9.17) is 11.5 Å². The van der Waals surface area contributed by atoms with Crippen molar-refractivity contribution in [3.05, 3.63) is 36.0 Å². The highest BCUT2D eigenvalue weighted by Gasteiger charge is 2.32. The molecule has 0 aliphatic rings. The third-order valence-electron chi connectivity index (χ3n) is 6.06. The summed E-state index contributed by atoms with van der Waals surface area (Å²) in [5.41, 5.74) is 12.4. The molecule has 10 N–H and O–H groups in total. The van der Waals surface area contributed by atoms with E-state index in [0.29, 0.717) is 5.56 Å². The number of aliphatic carboxylic acids is 2. The molecule has 0 spiro atoms. The van der Waals surface area contributed by atoms with Gasteiger partial charge in [-0.3, -0.25) is 24.0 Å². The molecule has 0 radical (unpaired) electrons. The number of aromatic nitrogens is 1. The summed E-state index contributed by atoms with van der Waals surface area (Å²) in [5, 5.41) is 26.5. The Labute approximate surface area is 223 Å². The van der Waals surface area contributed by atoms with E-state index in [-0.39, 0.29) is 25.2 Å². The summed E-state index contributed by atoms with van der Waals surface area (Å²) in [4.78, 5) is 76.0. The van der Waals surface area contributed by atoms with Crippen molar-refractivity contribution in [1.82, 2.24) is 20.9 Å². The number of carbonyl (C=O) groups is 6. The lowest BCUT2D eigenvalue weighted by Crippen LogP contribution is -2.58. The minimum absolute atomic E-state index is 0.0236. The van der Waals surface area contributed by atoms with Crippen LogP contribution in [0.5, 0.6) is 0 Å². The summed E-state index contributed by atoms with van der Waals surface area (Å²) in [6.45, 7) is 3.45. The van der Waals surface area contributed by atoms with Crippen LogP contribution in [-0.2, 0) is 35.2 Å². The maximum absolute atomic E-state index is 13.3. The van der Waals surface area contributed by atoms with Crippen molar-refractivity contribution in [3.8, 4) is 0 Å². The summed E-state index contributed by atoms with van der Waals surface area (Å²) in [5.74, 6) is -6.56. The number of rotatable bonds is 15. The third kappa shape index (κ3) is 9.10. The molecule has 0 aliphatic carbocycles. The summed E-state index contributed by atoms with van der Waals surface area (Å²) >= 11 is 0. The van der Waals surface area contributed by atoms with Crippen molar-refractivity contribution in [1.29, 1.82) is 0 Å². The first-order chi connectivity index (χ1) is 18.3. The molecule has 0 bridgehead atoms. The molecule has 2 rings (SSSR count). The summed E-state index contributed by atoms with van der Waals surface area (Å²) < 4.78 is 0. The lowest BCUT2D eigenvalue weighted by molar-refractivity contribution is -0.143. The van der Waals surface area contributed by atoms with Crippen LogP contribution in [0.2, 0.25) is 0 Å². The van der Waals surface area contributed by atoms with Gasteiger partial charge in [0.05, 0.1) is 12.5 Å². The normalized spacial score (nSPS) is 14.2. The van der Waals surface area contributed by atoms with E-state index in [1.807, 2.05) is 18.2 Å². The standard InChI is InChI=1S/C25H34N6O8/c1-12(2)21(27)24(37)31-17(9-13-11-28-15-6-4-3-5-14(13)15)22(35)30-18(10-20(33)34)23(36)29-16(25(38)39)7-8-19(26)32/h3-6,11-12,16-18,21,28H,7-10,27H2,1-2H3,(H2,26,32)(H,29,36)(H,30,35)(H,31,37)(H,33,34)(H,38,39). The molecule has 1 aromatic heterocycles. The molecular formula is C25H34N6O8. The van der Waals surface area contributed by atoms with Crippen molar-refractivity contribution in [2.45, 2.75) is 63.7 Å². The first kappa shape index (κ1) is 30.8. The SMILES string of the molecule is CC(C)C(N)C(=O)NC(Cc1c[nH]c2ccccc12)C(=O)NC(CC(=O)O)C(=O)NC(CCC(N)=O)C(=O)O. The number of H-pyrrole nitrogens is 1. The Hall–Kier alpha value is -4.46. The first-order valence-corrected chi connectivity index (χ1v) is 12.2. The minimum Gasteiger partial charge on any atom is -0.481 e. The van der Waals surface area contributed by atoms with Crippen LogP contribution >= 0.6 is 0 Å². The van der Waals surface area contributed by atoms with Crippen LogP contribution in [0.3, 0.4) is 0 Å². The van der Waals surface area contributed by atoms with E-state index in [2.05, 4.69) is 20.9 Å². The Morgan fingerprint density at radius 3 is 2.08 bits per heavy atom. The number of hydrogen-bond donors (Lipinski definition) is 8. The number of carbonyl (C=O) groups excluding carboxylic acids is 4. The van der Waals surface area contributed by atoms with Crippen LogP contribution in [0.1, 0.15) is 38.7 Å². The fraction of sp³-hybridized carbons (Fsp3) is 0.440. The summed E-state index contributed by atoms with van der Waals surface area (Å²) in [7, 11) is 0. The van der Waals surface area contributed by atoms with Crippen molar-refractivity contribution >= 4 is 46.5 Å². The van der Waals surface area contributed by atoms with Crippen LogP contribution in [0.15, 0.2) is 30.5 Å². The Balaban J connectivity index is 2.30. The second kappa shape index (κ2) is 13.9. The van der Waals surface area contributed by atoms with Crippen LogP contribution in [0.25, 0.3) is 10.9 Å². The number of benzene rings is 1. The number of hydrogen-bond acceptors (Lipinski definition) is 7. The molecule has 0 saturated heterocycles. The van der Waals surface area contributed by atoms with Gasteiger partial charge in [-0.15, -0.1) is 0 Å². The number of para-hydroxylation sites is 1. The van der Waals surface area contributed by atoms with E-state index in [9.17, 15) is 39.0 Å². The molecular weight excluding hydrogens is 512 g/mol. The number of nitrogens with two attached hydrogens (primary N) is 2. The van der Waals surface area contributed by atoms with E-state index < -0.39 is 66.2 Å². The summed E-state index contributed by atoms with van der Waals surface area (Å²) in [6.07, 6.45) is 0.0821. The van der Waals surface area contributed by atoms with Crippen molar-refractivity contribution in [3.63, 3.8) is 0 Å². The van der Waals surface area contributed by atoms with Gasteiger partial charge >= 0.3 is 11.9 Å². The molecule has 212 valence electrons. The highest BCUT2D eigenvalue weighted by molar-refractivity contribution is 5.96. The average Bonchev–Trinajstić information content (AvgIpc) is 3.27. The molecule has 14 heteroatoms. The van der Waals surface area contributed by atoms with E-state index in [0.717, 1.165) is 10.9 Å². The largest absolute Gasteiger partial charge is 0.481 e. The number of carboxylic acids is 2. The number of primary amides is 1. The Bertz CT molecular complexity index is 1230. The minimum atomic E-state index is -1.69. The molecule has 39 heavy (non-hydrogen) atoms. The Morgan fingerprint density at radius 2 is 1.49 bits per heavy atom. The predicted molar refractivity (Wildman–Crippen MR) is 139 cm³/mol. The Kier molecular flexibility index (Phi) is 11.0. The fourth-order valence-corrected chi connectivity index (χ4v) is 3.77. The van der Waals surface area contributed by atoms with E-state index in [1.165, 1.54) is 0 Å². The first-order valence-electron chi connectivity index (χ1n) is 12.2. The van der Waals surface area contributed by atoms with E-state index >= 15 is 0 Å². The highest BCUT2D eigenvalue weighted by atomic mass is 16.4. The maximum Gasteiger partial charge on any atom is 0.326 e. The van der Waals surface area contributed by atoms with Gasteiger partial charge in [0.2, 0.25) is 23.6 Å². The van der Waals surface area contributed by atoms with Crippen molar-refractivity contribution < 1.29 is 39.0 Å². The maximum atomic E-state index is 13.3. The molecule has 4 atom stereocenters. The molecule has 1 heterocycles. The zero-order valence-corrected chi connectivity index (χ0v) is 21.6. The highest BCUT2D eigenvalue weighted by Crippen LogP contribution is 2.19. The van der Waals surface area contributed by atoms with Gasteiger partial charge < -0.3 is 42.6 Å². The van der Waals surface area contributed by atoms with E-state index in [1.54, 1.807) is 26.1 Å². The molecule has 1 aromatic carbocycles. The summed E-state index contributed by atoms with van der Waals surface area (Å²) in [6, 6.07) is 1.82. The second-order valence-electron chi connectivity index (χ2n) is 9.46. The quantitative estimate of drug-likeness (QED) is 0.136. The lowest BCUT2D eigenvalue weighted by Gasteiger charge is -2.25. The third-order valence-corrected chi connectivity index (χ3v) is 6.06. The number of amides is 4. The van der Waals surface area contributed by atoms with Gasteiger partial charge in [-0.05, 0) is 24.0 Å². The second-order valence-corrected chi connectivity index (χ2v) is 9.46. The zero-order chi connectivity index (χ0) is 29.3. The predicted octanol–water partition coefficient (Wildman–Crippen LogP) is -1.03. The van der Waals surface area contributed by atoms with Gasteiger partial charge in [0.25, 0.3) is 0 Å². The zero-order valence-electron chi connectivity index (χ0n) is 21.6. The molecule has 2 aromatic rings. The van der Waals surface area contributed by atoms with Gasteiger partial charge in [-0.2, -0.15) is 0 Å². The average molecular weight is 547 g/mol. The van der Waals surface area contributed by atoms with Gasteiger partial charge in [0.15, 0.2) is 0 Å². The number of fused-ring (bicyclic) bond motifs is 1. The smallest absolute Gasteiger partial charge is 0.326 e. The molecule has 0 aliphatic heterocycles. The molecule has 4 amide bonds. The monoisotopic (exact) mass is 546 g/mol. The molecule has 4 unspecified atom stereocenters. The van der Waals surface area contributed by atoms with Crippen molar-refractivity contribution in [2.75, 3.05) is 0 Å². The molecule has 14 nitrogen and oxygen atoms in total. The van der Waals surface area contributed by atoms with Gasteiger partial charge in [0.1, 0.15) is 18.1 Å². The number of carboxylic acid groups (broad SMARTS) is 2. The molecule has 0 fully saturated rings. The fourth-order valence-electron chi connectivity index (χ4n) is 3.77. The van der Waals surface area contributed by atoms with Crippen LogP contribution < -0.4 is 27.4 Å². The molecule has 0 saturated carbocycles. The lowest BCUT2D eigenvalue weighted by atomic mass is 10.0. The van der Waals surface area contributed by atoms with Crippen LogP contribution in [-0.4, -0.2) is 74.9 Å². The Morgan fingerprint density at radius 1 is 0.897 bits per heavy atom. The number of aromatic amines is 1. The van der Waals surface area contributed by atoms with Gasteiger partial charge in [0, 0.05) is 29.9 Å². The number of nitrogens with one attached hydrogen (secondary N) is 4. The van der Waals surface area contributed by atoms with Crippen LogP contribution in [0, 0.1) is 5.92 Å². The van der Waals surface area contributed by atoms with Gasteiger partial charge in [-0.25, -0.2) is 4.79 Å².